The summed E-state index contributed by atoms with van der Waals surface area (Å²) < 4.78 is 26.0. The molecule has 0 bridgehead atoms. The maximum Gasteiger partial charge on any atom is 0.208 e. The molecule has 2 aromatic rings. The van der Waals surface area contributed by atoms with Gasteiger partial charge in [-0.15, -0.1) is 10.2 Å². The number of nitrogens with zero attached hydrogens (tertiary/aromatic N) is 3. The summed E-state index contributed by atoms with van der Waals surface area (Å²) in [7, 11) is 0. The van der Waals surface area contributed by atoms with Gasteiger partial charge in [0.2, 0.25) is 5.13 Å². The number of rotatable bonds is 3. The van der Waals surface area contributed by atoms with Gasteiger partial charge in [-0.2, -0.15) is 0 Å². The summed E-state index contributed by atoms with van der Waals surface area (Å²) in [6.07, 6.45) is 1.96. The highest BCUT2D eigenvalue weighted by atomic mass is 79.9. The number of benzene rings is 1. The average Bonchev–Trinajstić information content (AvgIpc) is 3.29. The Bertz CT molecular complexity index is 715. The minimum absolute atomic E-state index is 0.0482. The Hall–Kier alpha value is -1.09. The van der Waals surface area contributed by atoms with Crippen molar-refractivity contribution in [2.45, 2.75) is 19.1 Å². The molecule has 0 radical (unpaired) electrons. The summed E-state index contributed by atoms with van der Waals surface area (Å²) in [5, 5.41) is 9.88. The first-order valence-corrected chi connectivity index (χ1v) is 9.59. The van der Waals surface area contributed by atoms with Gasteiger partial charge in [0.25, 0.3) is 0 Å². The molecule has 0 saturated carbocycles. The number of hydrogen-bond acceptors (Lipinski definition) is 6. The van der Waals surface area contributed by atoms with Crippen LogP contribution in [0.3, 0.4) is 0 Å². The van der Waals surface area contributed by atoms with Crippen molar-refractivity contribution in [1.82, 2.24) is 10.2 Å². The van der Waals surface area contributed by atoms with Crippen LogP contribution in [0.15, 0.2) is 22.7 Å². The Kier molecular flexibility index (Phi) is 4.80. The van der Waals surface area contributed by atoms with E-state index in [-0.39, 0.29) is 12.1 Å². The Labute approximate surface area is 151 Å². The van der Waals surface area contributed by atoms with Crippen LogP contribution in [0.5, 0.6) is 0 Å². The molecule has 128 valence electrons. The van der Waals surface area contributed by atoms with Crippen LogP contribution in [0, 0.1) is 11.7 Å². The van der Waals surface area contributed by atoms with Crippen LogP contribution < -0.4 is 4.90 Å². The van der Waals surface area contributed by atoms with Gasteiger partial charge in [0.05, 0.1) is 13.2 Å². The maximum atomic E-state index is 14.0. The first kappa shape index (κ1) is 16.4. The third-order valence-electron chi connectivity index (χ3n) is 4.42. The van der Waals surface area contributed by atoms with E-state index in [0.29, 0.717) is 29.7 Å². The van der Waals surface area contributed by atoms with E-state index in [2.05, 4.69) is 31.0 Å². The molecule has 2 fully saturated rings. The van der Waals surface area contributed by atoms with E-state index in [4.69, 9.17) is 9.47 Å². The van der Waals surface area contributed by atoms with Gasteiger partial charge in [0.1, 0.15) is 5.82 Å². The minimum atomic E-state index is -0.282. The van der Waals surface area contributed by atoms with Crippen molar-refractivity contribution >= 4 is 32.4 Å². The molecule has 0 atom stereocenters. The summed E-state index contributed by atoms with van der Waals surface area (Å²) in [5.41, 5.74) is 0.482. The number of halogens is 2. The van der Waals surface area contributed by atoms with Gasteiger partial charge >= 0.3 is 0 Å². The van der Waals surface area contributed by atoms with Crippen LogP contribution in [0.25, 0.3) is 10.6 Å². The fourth-order valence-electron chi connectivity index (χ4n) is 3.13. The normalized spacial score (nSPS) is 20.0. The number of aromatic nitrogens is 2. The zero-order valence-electron chi connectivity index (χ0n) is 13.0. The standard InChI is InChI=1S/C16H17BrFN3O2S/c17-11-1-2-13(18)12(9-11)14-19-20-16(24-14)21-5-3-10(4-6-21)15-22-7-8-23-15/h1-2,9-10,15H,3-8H2. The largest absolute Gasteiger partial charge is 0.350 e. The van der Waals surface area contributed by atoms with E-state index in [0.717, 1.165) is 35.5 Å². The van der Waals surface area contributed by atoms with Gasteiger partial charge in [-0.3, -0.25) is 0 Å². The monoisotopic (exact) mass is 413 g/mol. The summed E-state index contributed by atoms with van der Waals surface area (Å²) in [6.45, 7) is 3.18. The zero-order valence-corrected chi connectivity index (χ0v) is 15.4. The Morgan fingerprint density at radius 2 is 1.92 bits per heavy atom. The highest BCUT2D eigenvalue weighted by Gasteiger charge is 2.31. The third kappa shape index (κ3) is 3.33. The van der Waals surface area contributed by atoms with Crippen molar-refractivity contribution in [3.8, 4) is 10.6 Å². The lowest BCUT2D eigenvalue weighted by atomic mass is 9.96. The SMILES string of the molecule is Fc1ccc(Br)cc1-c1nnc(N2CCC(C3OCCO3)CC2)s1. The van der Waals surface area contributed by atoms with Crippen molar-refractivity contribution in [2.75, 3.05) is 31.2 Å². The fraction of sp³-hybridized carbons (Fsp3) is 0.500. The van der Waals surface area contributed by atoms with Gasteiger partial charge in [-0.05, 0) is 31.0 Å². The summed E-state index contributed by atoms with van der Waals surface area (Å²) >= 11 is 4.80. The topological polar surface area (TPSA) is 47.5 Å². The van der Waals surface area contributed by atoms with Gasteiger partial charge in [-0.1, -0.05) is 27.3 Å². The molecule has 24 heavy (non-hydrogen) atoms. The molecule has 2 aliphatic heterocycles. The number of piperidine rings is 1. The quantitative estimate of drug-likeness (QED) is 0.767. The molecule has 0 N–H and O–H groups in total. The highest BCUT2D eigenvalue weighted by Crippen LogP contribution is 2.34. The van der Waals surface area contributed by atoms with Crippen LogP contribution in [-0.2, 0) is 9.47 Å². The molecule has 1 aromatic heterocycles. The predicted octanol–water partition coefficient (Wildman–Crippen LogP) is 3.70. The number of anilines is 1. The second kappa shape index (κ2) is 7.03. The summed E-state index contributed by atoms with van der Waals surface area (Å²) in [5.74, 6) is 0.161. The predicted molar refractivity (Wildman–Crippen MR) is 93.6 cm³/mol. The molecular formula is C16H17BrFN3O2S. The number of ether oxygens (including phenoxy) is 2. The lowest BCUT2D eigenvalue weighted by Gasteiger charge is -2.33. The van der Waals surface area contributed by atoms with Crippen LogP contribution in [-0.4, -0.2) is 42.8 Å². The second-order valence-corrected chi connectivity index (χ2v) is 7.82. The molecule has 0 spiro atoms. The van der Waals surface area contributed by atoms with Crippen molar-refractivity contribution < 1.29 is 13.9 Å². The second-order valence-electron chi connectivity index (χ2n) is 5.95. The van der Waals surface area contributed by atoms with Crippen LogP contribution in [0.2, 0.25) is 0 Å². The average molecular weight is 414 g/mol. The van der Waals surface area contributed by atoms with Crippen LogP contribution in [0.1, 0.15) is 12.8 Å². The first-order chi connectivity index (χ1) is 11.7. The zero-order chi connectivity index (χ0) is 16.5. The van der Waals surface area contributed by atoms with Crippen molar-refractivity contribution in [1.29, 1.82) is 0 Å². The first-order valence-electron chi connectivity index (χ1n) is 7.98. The minimum Gasteiger partial charge on any atom is -0.350 e. The molecule has 2 aliphatic rings. The van der Waals surface area contributed by atoms with Crippen LogP contribution in [0.4, 0.5) is 9.52 Å². The maximum absolute atomic E-state index is 14.0. The van der Waals surface area contributed by atoms with E-state index < -0.39 is 0 Å². The number of hydrogen-bond donors (Lipinski definition) is 0. The Balaban J connectivity index is 1.45. The summed E-state index contributed by atoms with van der Waals surface area (Å²) in [6, 6.07) is 4.85. The highest BCUT2D eigenvalue weighted by molar-refractivity contribution is 9.10. The van der Waals surface area contributed by atoms with Crippen molar-refractivity contribution in [3.63, 3.8) is 0 Å². The molecule has 4 rings (SSSR count). The van der Waals surface area contributed by atoms with Crippen molar-refractivity contribution in [2.24, 2.45) is 5.92 Å². The molecule has 2 saturated heterocycles. The summed E-state index contributed by atoms with van der Waals surface area (Å²) in [4.78, 5) is 2.21. The van der Waals surface area contributed by atoms with E-state index in [9.17, 15) is 4.39 Å². The lowest BCUT2D eigenvalue weighted by molar-refractivity contribution is -0.0889. The molecule has 0 aliphatic carbocycles. The van der Waals surface area contributed by atoms with Gasteiger partial charge in [0, 0.05) is 29.0 Å². The van der Waals surface area contributed by atoms with E-state index in [1.807, 2.05) is 0 Å². The van der Waals surface area contributed by atoms with Crippen molar-refractivity contribution in [3.05, 3.63) is 28.5 Å². The fourth-order valence-corrected chi connectivity index (χ4v) is 4.40. The lowest BCUT2D eigenvalue weighted by Crippen LogP contribution is -2.38. The molecular weight excluding hydrogens is 397 g/mol. The van der Waals surface area contributed by atoms with E-state index >= 15 is 0 Å². The van der Waals surface area contributed by atoms with Gasteiger partial charge in [-0.25, -0.2) is 4.39 Å². The molecule has 1 aromatic carbocycles. The Morgan fingerprint density at radius 1 is 1.17 bits per heavy atom. The third-order valence-corrected chi connectivity index (χ3v) is 5.93. The Morgan fingerprint density at radius 3 is 2.67 bits per heavy atom. The van der Waals surface area contributed by atoms with Gasteiger partial charge in [0.15, 0.2) is 11.3 Å². The molecule has 0 unspecified atom stereocenters. The molecule has 5 nitrogen and oxygen atoms in total. The van der Waals surface area contributed by atoms with Gasteiger partial charge < -0.3 is 14.4 Å². The smallest absolute Gasteiger partial charge is 0.208 e. The van der Waals surface area contributed by atoms with E-state index in [1.54, 1.807) is 12.1 Å². The molecule has 0 amide bonds. The van der Waals surface area contributed by atoms with Crippen LogP contribution >= 0.6 is 27.3 Å². The molecule has 8 heteroatoms. The molecule has 3 heterocycles. The van der Waals surface area contributed by atoms with E-state index in [1.165, 1.54) is 17.4 Å².